The second kappa shape index (κ2) is 5.48. The standard InChI is InChI=1S/C13H11F3O/c1-10(9-17)3-2-4-11-5-7-12(8-6-11)13(14,15)16/h2-9H,1H3/b4-2+,10-3+. The molecule has 0 aliphatic carbocycles. The molecule has 0 heterocycles. The number of benzene rings is 1. The van der Waals surface area contributed by atoms with Gasteiger partial charge >= 0.3 is 6.18 Å². The molecule has 0 unspecified atom stereocenters. The molecule has 0 N–H and O–H groups in total. The van der Waals surface area contributed by atoms with Gasteiger partial charge < -0.3 is 0 Å². The molecule has 0 saturated heterocycles. The minimum Gasteiger partial charge on any atom is -0.298 e. The van der Waals surface area contributed by atoms with Crippen LogP contribution in [0.1, 0.15) is 18.1 Å². The highest BCUT2D eigenvalue weighted by molar-refractivity contribution is 5.73. The van der Waals surface area contributed by atoms with E-state index >= 15 is 0 Å². The summed E-state index contributed by atoms with van der Waals surface area (Å²) in [6, 6.07) is 4.80. The lowest BCUT2D eigenvalue weighted by Crippen LogP contribution is -2.03. The van der Waals surface area contributed by atoms with Gasteiger partial charge in [-0.05, 0) is 30.2 Å². The van der Waals surface area contributed by atoms with Crippen LogP contribution < -0.4 is 0 Å². The van der Waals surface area contributed by atoms with Crippen molar-refractivity contribution in [3.05, 3.63) is 53.1 Å². The Bertz CT molecular complexity index is 439. The number of hydrogen-bond donors (Lipinski definition) is 0. The third kappa shape index (κ3) is 4.26. The zero-order valence-corrected chi connectivity index (χ0v) is 9.16. The minimum absolute atomic E-state index is 0.549. The molecule has 0 atom stereocenters. The van der Waals surface area contributed by atoms with Crippen molar-refractivity contribution in [2.24, 2.45) is 0 Å². The number of alkyl halides is 3. The van der Waals surface area contributed by atoms with Gasteiger partial charge in [-0.1, -0.05) is 30.4 Å². The molecule has 0 bridgehead atoms. The van der Waals surface area contributed by atoms with Gasteiger partial charge in [0.2, 0.25) is 0 Å². The fourth-order valence-corrected chi connectivity index (χ4v) is 1.13. The molecule has 0 aliphatic heterocycles. The zero-order valence-electron chi connectivity index (χ0n) is 9.16. The first-order valence-corrected chi connectivity index (χ1v) is 4.91. The van der Waals surface area contributed by atoms with Gasteiger partial charge in [-0.15, -0.1) is 0 Å². The number of rotatable bonds is 3. The van der Waals surface area contributed by atoms with Crippen LogP contribution >= 0.6 is 0 Å². The van der Waals surface area contributed by atoms with Crippen LogP contribution in [0.15, 0.2) is 42.0 Å². The van der Waals surface area contributed by atoms with Gasteiger partial charge in [0.15, 0.2) is 0 Å². The van der Waals surface area contributed by atoms with Crippen molar-refractivity contribution in [3.63, 3.8) is 0 Å². The highest BCUT2D eigenvalue weighted by Crippen LogP contribution is 2.29. The molecule has 1 aromatic rings. The summed E-state index contributed by atoms with van der Waals surface area (Å²) in [5.41, 5.74) is 0.523. The molecule has 0 aliphatic rings. The summed E-state index contributed by atoms with van der Waals surface area (Å²) in [7, 11) is 0. The first-order valence-electron chi connectivity index (χ1n) is 4.91. The Morgan fingerprint density at radius 1 is 1.18 bits per heavy atom. The molecular formula is C13H11F3O. The van der Waals surface area contributed by atoms with Crippen LogP contribution in [0.3, 0.4) is 0 Å². The summed E-state index contributed by atoms with van der Waals surface area (Å²) in [5, 5.41) is 0. The van der Waals surface area contributed by atoms with Gasteiger partial charge in [0, 0.05) is 0 Å². The maximum atomic E-state index is 12.3. The first kappa shape index (κ1) is 13.2. The van der Waals surface area contributed by atoms with E-state index in [-0.39, 0.29) is 0 Å². The Morgan fingerprint density at radius 3 is 2.24 bits per heavy atom. The molecule has 0 spiro atoms. The lowest BCUT2D eigenvalue weighted by Gasteiger charge is -2.05. The lowest BCUT2D eigenvalue weighted by atomic mass is 10.1. The van der Waals surface area contributed by atoms with E-state index in [0.29, 0.717) is 17.4 Å². The Labute approximate surface area is 97.3 Å². The van der Waals surface area contributed by atoms with E-state index in [0.717, 1.165) is 12.1 Å². The van der Waals surface area contributed by atoms with Crippen molar-refractivity contribution < 1.29 is 18.0 Å². The number of carbonyl (C=O) groups excluding carboxylic acids is 1. The molecule has 4 heteroatoms. The third-order valence-electron chi connectivity index (χ3n) is 2.07. The molecular weight excluding hydrogens is 229 g/mol. The summed E-state index contributed by atoms with van der Waals surface area (Å²) in [6.07, 6.45) is 1.23. The Morgan fingerprint density at radius 2 is 1.76 bits per heavy atom. The van der Waals surface area contributed by atoms with Gasteiger partial charge in [-0.3, -0.25) is 4.79 Å². The summed E-state index contributed by atoms with van der Waals surface area (Å²) in [5.74, 6) is 0. The summed E-state index contributed by atoms with van der Waals surface area (Å²) >= 11 is 0. The second-order valence-electron chi connectivity index (χ2n) is 3.51. The van der Waals surface area contributed by atoms with Crippen molar-refractivity contribution in [2.45, 2.75) is 13.1 Å². The number of halogens is 3. The topological polar surface area (TPSA) is 17.1 Å². The van der Waals surface area contributed by atoms with Crippen LogP contribution in [0.2, 0.25) is 0 Å². The molecule has 1 aromatic carbocycles. The highest BCUT2D eigenvalue weighted by Gasteiger charge is 2.29. The fraction of sp³-hybridized carbons (Fsp3) is 0.154. The predicted molar refractivity (Wildman–Crippen MR) is 60.3 cm³/mol. The van der Waals surface area contributed by atoms with Crippen LogP contribution in [0.5, 0.6) is 0 Å². The fourth-order valence-electron chi connectivity index (χ4n) is 1.13. The van der Waals surface area contributed by atoms with Crippen molar-refractivity contribution >= 4 is 12.4 Å². The van der Waals surface area contributed by atoms with Crippen molar-refractivity contribution in [1.82, 2.24) is 0 Å². The van der Waals surface area contributed by atoms with E-state index in [2.05, 4.69) is 0 Å². The van der Waals surface area contributed by atoms with Gasteiger partial charge in [0.05, 0.1) is 5.56 Å². The van der Waals surface area contributed by atoms with Crippen LogP contribution in [-0.4, -0.2) is 6.29 Å². The number of allylic oxidation sites excluding steroid dienone is 3. The van der Waals surface area contributed by atoms with Crippen LogP contribution in [0.4, 0.5) is 13.2 Å². The molecule has 1 nitrogen and oxygen atoms in total. The SMILES string of the molecule is C/C(C=O)=C\C=C\c1ccc(C(F)(F)F)cc1. The molecule has 90 valence electrons. The molecule has 17 heavy (non-hydrogen) atoms. The predicted octanol–water partition coefficient (Wildman–Crippen LogP) is 3.86. The monoisotopic (exact) mass is 240 g/mol. The molecule has 0 radical (unpaired) electrons. The van der Waals surface area contributed by atoms with E-state index in [1.807, 2.05) is 0 Å². The van der Waals surface area contributed by atoms with Gasteiger partial charge in [-0.2, -0.15) is 13.2 Å². The van der Waals surface area contributed by atoms with E-state index in [1.54, 1.807) is 25.2 Å². The normalized spacial score (nSPS) is 13.1. The van der Waals surface area contributed by atoms with E-state index in [4.69, 9.17) is 0 Å². The summed E-state index contributed by atoms with van der Waals surface area (Å²) < 4.78 is 36.8. The Balaban J connectivity index is 2.79. The third-order valence-corrected chi connectivity index (χ3v) is 2.07. The van der Waals surface area contributed by atoms with E-state index < -0.39 is 11.7 Å². The zero-order chi connectivity index (χ0) is 12.9. The van der Waals surface area contributed by atoms with Crippen molar-refractivity contribution in [3.8, 4) is 0 Å². The Kier molecular flexibility index (Phi) is 4.26. The molecule has 0 fully saturated rings. The maximum absolute atomic E-state index is 12.3. The quantitative estimate of drug-likeness (QED) is 0.445. The molecule has 1 rings (SSSR count). The summed E-state index contributed by atoms with van der Waals surface area (Å²) in [4.78, 5) is 10.3. The van der Waals surface area contributed by atoms with Crippen molar-refractivity contribution in [2.75, 3.05) is 0 Å². The van der Waals surface area contributed by atoms with Gasteiger partial charge in [0.1, 0.15) is 6.29 Å². The first-order chi connectivity index (χ1) is 7.93. The minimum atomic E-state index is -4.31. The molecule has 0 saturated carbocycles. The second-order valence-corrected chi connectivity index (χ2v) is 3.51. The van der Waals surface area contributed by atoms with Gasteiger partial charge in [-0.25, -0.2) is 0 Å². The number of aldehydes is 1. The average Bonchev–Trinajstić information content (AvgIpc) is 2.28. The highest BCUT2D eigenvalue weighted by atomic mass is 19.4. The number of carbonyl (C=O) groups is 1. The molecule has 0 amide bonds. The van der Waals surface area contributed by atoms with E-state index in [1.165, 1.54) is 12.1 Å². The van der Waals surface area contributed by atoms with E-state index in [9.17, 15) is 18.0 Å². The van der Waals surface area contributed by atoms with Crippen LogP contribution in [0, 0.1) is 0 Å². The van der Waals surface area contributed by atoms with Gasteiger partial charge in [0.25, 0.3) is 0 Å². The summed E-state index contributed by atoms with van der Waals surface area (Å²) in [6.45, 7) is 1.64. The van der Waals surface area contributed by atoms with Crippen LogP contribution in [0.25, 0.3) is 6.08 Å². The van der Waals surface area contributed by atoms with Crippen LogP contribution in [-0.2, 0) is 11.0 Å². The lowest BCUT2D eigenvalue weighted by molar-refractivity contribution is -0.137. The van der Waals surface area contributed by atoms with Crippen molar-refractivity contribution in [1.29, 1.82) is 0 Å². The average molecular weight is 240 g/mol. The smallest absolute Gasteiger partial charge is 0.298 e. The molecule has 0 aromatic heterocycles. The largest absolute Gasteiger partial charge is 0.416 e. The number of hydrogen-bond acceptors (Lipinski definition) is 1. The maximum Gasteiger partial charge on any atom is 0.416 e. The Hall–Kier alpha value is -1.84.